The number of rotatable bonds is 2. The summed E-state index contributed by atoms with van der Waals surface area (Å²) in [6.45, 7) is 0. The molecule has 0 unspecified atom stereocenters. The molecule has 2 N–H and O–H groups in total. The van der Waals surface area contributed by atoms with Gasteiger partial charge in [-0.15, -0.1) is 0 Å². The summed E-state index contributed by atoms with van der Waals surface area (Å²) in [5.74, 6) is 4.10. The highest BCUT2D eigenvalue weighted by atomic mass is 16.4. The van der Waals surface area contributed by atoms with E-state index in [4.69, 9.17) is 0 Å². The number of carbonyl (C=O) groups is 2. The quantitative estimate of drug-likeness (QED) is 0.500. The normalized spacial score (nSPS) is 10.4. The van der Waals surface area contributed by atoms with E-state index in [-0.39, 0.29) is 11.1 Å². The van der Waals surface area contributed by atoms with Crippen molar-refractivity contribution in [3.8, 4) is 11.8 Å². The van der Waals surface area contributed by atoms with Crippen LogP contribution in [0.5, 0.6) is 0 Å². The van der Waals surface area contributed by atoms with Gasteiger partial charge in [0.25, 0.3) is 0 Å². The van der Waals surface area contributed by atoms with Crippen LogP contribution in [-0.4, -0.2) is 22.2 Å². The lowest BCUT2D eigenvalue weighted by molar-refractivity contribution is 0.0688. The van der Waals surface area contributed by atoms with E-state index >= 15 is 0 Å². The van der Waals surface area contributed by atoms with Crippen molar-refractivity contribution in [2.45, 2.75) is 0 Å². The van der Waals surface area contributed by atoms with Gasteiger partial charge in [0.15, 0.2) is 0 Å². The molecule has 4 nitrogen and oxygen atoms in total. The maximum Gasteiger partial charge on any atom is 0.336 e. The molecular weight excluding hydrogens is 352 g/mol. The smallest absolute Gasteiger partial charge is 0.336 e. The predicted octanol–water partition coefficient (Wildman–Crippen LogP) is 4.79. The zero-order chi connectivity index (χ0) is 19.7. The zero-order valence-electron chi connectivity index (χ0n) is 14.6. The van der Waals surface area contributed by atoms with E-state index in [9.17, 15) is 19.8 Å². The molecule has 4 aromatic carbocycles. The lowest BCUT2D eigenvalue weighted by atomic mass is 9.97. The highest BCUT2D eigenvalue weighted by molar-refractivity contribution is 6.07. The summed E-state index contributed by atoms with van der Waals surface area (Å²) in [5.41, 5.74) is 1.63. The predicted molar refractivity (Wildman–Crippen MR) is 108 cm³/mol. The Hall–Kier alpha value is -4.10. The fourth-order valence-electron chi connectivity index (χ4n) is 3.25. The molecule has 28 heavy (non-hydrogen) atoms. The number of aromatic carboxylic acids is 2. The Morgan fingerprint density at radius 1 is 0.643 bits per heavy atom. The third-order valence-electron chi connectivity index (χ3n) is 4.62. The molecule has 0 saturated carbocycles. The summed E-state index contributed by atoms with van der Waals surface area (Å²) in [4.78, 5) is 22.9. The summed E-state index contributed by atoms with van der Waals surface area (Å²) < 4.78 is 0. The molecule has 4 aromatic rings. The van der Waals surface area contributed by atoms with Crippen molar-refractivity contribution < 1.29 is 19.8 Å². The zero-order valence-corrected chi connectivity index (χ0v) is 14.6. The van der Waals surface area contributed by atoms with Gasteiger partial charge in [0.05, 0.1) is 11.1 Å². The molecule has 0 fully saturated rings. The Morgan fingerprint density at radius 3 is 2.11 bits per heavy atom. The molecule has 0 saturated heterocycles. The first-order chi connectivity index (χ1) is 13.5. The van der Waals surface area contributed by atoms with Crippen molar-refractivity contribution in [2.24, 2.45) is 0 Å². The molecule has 0 radical (unpaired) electrons. The van der Waals surface area contributed by atoms with Crippen LogP contribution < -0.4 is 0 Å². The highest BCUT2D eigenvalue weighted by Crippen LogP contribution is 2.25. The summed E-state index contributed by atoms with van der Waals surface area (Å²) in [7, 11) is 0. The van der Waals surface area contributed by atoms with Crippen LogP contribution in [0.2, 0.25) is 0 Å². The van der Waals surface area contributed by atoms with Crippen LogP contribution in [-0.2, 0) is 0 Å². The first-order valence-corrected chi connectivity index (χ1v) is 8.58. The minimum Gasteiger partial charge on any atom is -0.478 e. The second-order valence-corrected chi connectivity index (χ2v) is 6.31. The van der Waals surface area contributed by atoms with E-state index in [1.54, 1.807) is 6.07 Å². The summed E-state index contributed by atoms with van der Waals surface area (Å²) in [5, 5.41) is 21.8. The average Bonchev–Trinajstić information content (AvgIpc) is 2.71. The van der Waals surface area contributed by atoms with Crippen LogP contribution in [0.25, 0.3) is 21.5 Å². The lowest BCUT2D eigenvalue weighted by Crippen LogP contribution is -2.01. The lowest BCUT2D eigenvalue weighted by Gasteiger charge is -2.06. The number of benzene rings is 4. The van der Waals surface area contributed by atoms with Crippen LogP contribution in [0.1, 0.15) is 31.8 Å². The van der Waals surface area contributed by atoms with E-state index in [2.05, 4.69) is 11.8 Å². The Bertz CT molecular complexity index is 1320. The van der Waals surface area contributed by atoms with E-state index in [0.717, 1.165) is 16.3 Å². The van der Waals surface area contributed by atoms with Gasteiger partial charge in [-0.1, -0.05) is 54.3 Å². The van der Waals surface area contributed by atoms with E-state index in [1.165, 1.54) is 24.3 Å². The number of carboxylic acid groups (broad SMARTS) is 2. The first-order valence-electron chi connectivity index (χ1n) is 8.58. The van der Waals surface area contributed by atoms with E-state index in [0.29, 0.717) is 16.3 Å². The Balaban J connectivity index is 1.93. The van der Waals surface area contributed by atoms with Gasteiger partial charge in [-0.05, 0) is 51.9 Å². The van der Waals surface area contributed by atoms with Gasteiger partial charge in [0.2, 0.25) is 0 Å². The molecule has 0 atom stereocenters. The maximum absolute atomic E-state index is 11.5. The number of fused-ring (bicyclic) bond motifs is 2. The second kappa shape index (κ2) is 6.90. The maximum atomic E-state index is 11.5. The molecule has 0 heterocycles. The van der Waals surface area contributed by atoms with Crippen LogP contribution in [0.4, 0.5) is 0 Å². The average molecular weight is 366 g/mol. The molecular formula is C24H14O4. The molecule has 4 heteroatoms. The topological polar surface area (TPSA) is 74.6 Å². The molecule has 0 aliphatic heterocycles. The second-order valence-electron chi connectivity index (χ2n) is 6.31. The van der Waals surface area contributed by atoms with Gasteiger partial charge < -0.3 is 10.2 Å². The molecule has 0 aliphatic rings. The molecule has 0 amide bonds. The SMILES string of the molecule is O=C(O)c1ccc2c(C(=O)O)ccc(C#Cc3cccc4ccccc34)c2c1. The van der Waals surface area contributed by atoms with Crippen molar-refractivity contribution in [2.75, 3.05) is 0 Å². The van der Waals surface area contributed by atoms with Gasteiger partial charge in [-0.2, -0.15) is 0 Å². The number of hydrogen-bond acceptors (Lipinski definition) is 2. The molecule has 134 valence electrons. The summed E-state index contributed by atoms with van der Waals surface area (Å²) in [6.07, 6.45) is 0. The molecule has 0 bridgehead atoms. The molecule has 4 rings (SSSR count). The van der Waals surface area contributed by atoms with Crippen molar-refractivity contribution >= 4 is 33.5 Å². The fraction of sp³-hybridized carbons (Fsp3) is 0. The minimum atomic E-state index is -1.07. The van der Waals surface area contributed by atoms with Gasteiger partial charge in [0, 0.05) is 11.1 Å². The van der Waals surface area contributed by atoms with E-state index in [1.807, 2.05) is 42.5 Å². The number of carboxylic acids is 2. The van der Waals surface area contributed by atoms with Gasteiger partial charge >= 0.3 is 11.9 Å². The van der Waals surface area contributed by atoms with Crippen LogP contribution in [0.15, 0.2) is 72.8 Å². The first kappa shape index (κ1) is 17.3. The highest BCUT2D eigenvalue weighted by Gasteiger charge is 2.13. The molecule has 0 aromatic heterocycles. The fourth-order valence-corrected chi connectivity index (χ4v) is 3.25. The van der Waals surface area contributed by atoms with Crippen LogP contribution in [0, 0.1) is 11.8 Å². The van der Waals surface area contributed by atoms with Gasteiger partial charge in [-0.3, -0.25) is 0 Å². The van der Waals surface area contributed by atoms with Crippen molar-refractivity contribution in [1.82, 2.24) is 0 Å². The van der Waals surface area contributed by atoms with Crippen LogP contribution >= 0.6 is 0 Å². The van der Waals surface area contributed by atoms with Crippen molar-refractivity contribution in [1.29, 1.82) is 0 Å². The summed E-state index contributed by atoms with van der Waals surface area (Å²) in [6, 6.07) is 21.3. The van der Waals surface area contributed by atoms with Gasteiger partial charge in [-0.25, -0.2) is 9.59 Å². The summed E-state index contributed by atoms with van der Waals surface area (Å²) >= 11 is 0. The standard InChI is InChI=1S/C24H14O4/c25-23(26)18-11-12-20-21(24(27)28)13-10-17(22(20)14-18)9-8-16-6-3-5-15-4-1-2-7-19(15)16/h1-7,10-14H,(H,25,26)(H,27,28). The third-order valence-corrected chi connectivity index (χ3v) is 4.62. The Morgan fingerprint density at radius 2 is 1.36 bits per heavy atom. The molecule has 0 aliphatic carbocycles. The van der Waals surface area contributed by atoms with Crippen molar-refractivity contribution in [3.05, 3.63) is 95.1 Å². The van der Waals surface area contributed by atoms with E-state index < -0.39 is 11.9 Å². The van der Waals surface area contributed by atoms with Crippen molar-refractivity contribution in [3.63, 3.8) is 0 Å². The van der Waals surface area contributed by atoms with Gasteiger partial charge in [0.1, 0.15) is 0 Å². The number of hydrogen-bond donors (Lipinski definition) is 2. The van der Waals surface area contributed by atoms with Crippen LogP contribution in [0.3, 0.4) is 0 Å². The minimum absolute atomic E-state index is 0.0863. The Kier molecular flexibility index (Phi) is 4.27. The Labute approximate surface area is 160 Å². The largest absolute Gasteiger partial charge is 0.478 e. The monoisotopic (exact) mass is 366 g/mol. The third kappa shape index (κ3) is 3.06. The molecule has 0 spiro atoms.